The highest BCUT2D eigenvalue weighted by Crippen LogP contribution is 2.11. The van der Waals surface area contributed by atoms with Gasteiger partial charge in [-0.05, 0) is 44.2 Å². The maximum absolute atomic E-state index is 13.0. The minimum Gasteiger partial charge on any atom is -0.462 e. The highest BCUT2D eigenvalue weighted by molar-refractivity contribution is 5.97. The Hall–Kier alpha value is -4.07. The molecule has 8 heteroatoms. The van der Waals surface area contributed by atoms with Gasteiger partial charge < -0.3 is 9.30 Å². The van der Waals surface area contributed by atoms with Gasteiger partial charge in [0.15, 0.2) is 5.49 Å². The van der Waals surface area contributed by atoms with E-state index in [-0.39, 0.29) is 28.6 Å². The summed E-state index contributed by atoms with van der Waals surface area (Å²) >= 11 is 0. The summed E-state index contributed by atoms with van der Waals surface area (Å²) in [5.41, 5.74) is 1.81. The van der Waals surface area contributed by atoms with Gasteiger partial charge >= 0.3 is 5.97 Å². The third-order valence-electron chi connectivity index (χ3n) is 4.88. The maximum Gasteiger partial charge on any atom is 0.341 e. The Bertz CT molecular complexity index is 1480. The number of carbonyl (C=O) groups is 2. The third kappa shape index (κ3) is 3.63. The molecule has 3 aromatic heterocycles. The topological polar surface area (TPSA) is 95.0 Å². The summed E-state index contributed by atoms with van der Waals surface area (Å²) in [5, 5.41) is 0.219. The largest absolute Gasteiger partial charge is 0.462 e. The Balaban J connectivity index is 2.07. The van der Waals surface area contributed by atoms with Gasteiger partial charge in [-0.15, -0.1) is 0 Å². The van der Waals surface area contributed by atoms with Crippen molar-refractivity contribution in [2.75, 3.05) is 6.61 Å². The van der Waals surface area contributed by atoms with E-state index in [0.717, 1.165) is 5.56 Å². The SMILES string of the molecule is CCOC(=O)c1cc2c(=O)n3ccccc3nc2n(C)c1=NC(=O)c1cccc(C)c1. The van der Waals surface area contributed by atoms with Crippen LogP contribution in [-0.2, 0) is 11.8 Å². The second-order valence-electron chi connectivity index (χ2n) is 7.03. The van der Waals surface area contributed by atoms with Gasteiger partial charge in [0.25, 0.3) is 11.5 Å². The molecule has 4 aromatic rings. The van der Waals surface area contributed by atoms with Crippen LogP contribution < -0.4 is 11.0 Å². The zero-order valence-corrected chi connectivity index (χ0v) is 17.3. The molecular weight excluding hydrogens is 396 g/mol. The normalized spacial score (nSPS) is 11.8. The molecule has 1 aromatic carbocycles. The third-order valence-corrected chi connectivity index (χ3v) is 4.88. The number of pyridine rings is 2. The maximum atomic E-state index is 13.0. The average Bonchev–Trinajstić information content (AvgIpc) is 2.76. The lowest BCUT2D eigenvalue weighted by atomic mass is 10.1. The summed E-state index contributed by atoms with van der Waals surface area (Å²) in [6, 6.07) is 13.6. The summed E-state index contributed by atoms with van der Waals surface area (Å²) < 4.78 is 8.02. The van der Waals surface area contributed by atoms with Crippen molar-refractivity contribution in [3.8, 4) is 0 Å². The van der Waals surface area contributed by atoms with E-state index >= 15 is 0 Å². The number of nitrogens with zero attached hydrogens (tertiary/aromatic N) is 4. The predicted molar refractivity (Wildman–Crippen MR) is 115 cm³/mol. The molecule has 156 valence electrons. The molecule has 4 rings (SSSR count). The molecular formula is C23H20N4O4. The van der Waals surface area contributed by atoms with Gasteiger partial charge in [-0.1, -0.05) is 23.8 Å². The fourth-order valence-corrected chi connectivity index (χ4v) is 3.40. The molecule has 3 heterocycles. The van der Waals surface area contributed by atoms with E-state index < -0.39 is 11.9 Å². The van der Waals surface area contributed by atoms with Crippen LogP contribution in [0.25, 0.3) is 16.7 Å². The first-order valence-electron chi connectivity index (χ1n) is 9.74. The molecule has 0 saturated heterocycles. The van der Waals surface area contributed by atoms with Crippen LogP contribution in [0, 0.1) is 6.92 Å². The summed E-state index contributed by atoms with van der Waals surface area (Å²) in [6.07, 6.45) is 1.60. The lowest BCUT2D eigenvalue weighted by molar-refractivity contribution is 0.0523. The number of ether oxygens (including phenoxy) is 1. The lowest BCUT2D eigenvalue weighted by Gasteiger charge is -2.11. The monoisotopic (exact) mass is 416 g/mol. The van der Waals surface area contributed by atoms with Gasteiger partial charge in [0.1, 0.15) is 16.9 Å². The number of esters is 1. The van der Waals surface area contributed by atoms with Crippen molar-refractivity contribution < 1.29 is 14.3 Å². The number of amides is 1. The molecule has 0 fully saturated rings. The van der Waals surface area contributed by atoms with E-state index in [1.54, 1.807) is 56.6 Å². The van der Waals surface area contributed by atoms with E-state index in [1.165, 1.54) is 15.0 Å². The summed E-state index contributed by atoms with van der Waals surface area (Å²) in [7, 11) is 1.61. The van der Waals surface area contributed by atoms with Crippen molar-refractivity contribution in [2.24, 2.45) is 12.0 Å². The molecule has 0 aliphatic rings. The van der Waals surface area contributed by atoms with Gasteiger partial charge in [0.05, 0.1) is 12.0 Å². The van der Waals surface area contributed by atoms with Crippen molar-refractivity contribution >= 4 is 28.6 Å². The van der Waals surface area contributed by atoms with E-state index in [1.807, 2.05) is 13.0 Å². The number of fused-ring (bicyclic) bond motifs is 2. The summed E-state index contributed by atoms with van der Waals surface area (Å²) in [5.74, 6) is -1.19. The van der Waals surface area contributed by atoms with Crippen LogP contribution in [0.2, 0.25) is 0 Å². The van der Waals surface area contributed by atoms with Crippen molar-refractivity contribution in [1.82, 2.24) is 14.0 Å². The standard InChI is InChI=1S/C23H20N4O4/c1-4-31-23(30)17-13-16-19(24-18-10-5-6-11-27(18)22(16)29)26(3)20(17)25-21(28)15-9-7-8-14(2)12-15/h5-13H,4H2,1-3H3. The number of benzene rings is 1. The number of rotatable bonds is 3. The van der Waals surface area contributed by atoms with Gasteiger partial charge in [-0.25, -0.2) is 9.78 Å². The molecule has 0 aliphatic carbocycles. The molecule has 0 aliphatic heterocycles. The lowest BCUT2D eigenvalue weighted by Crippen LogP contribution is -2.31. The fraction of sp³-hybridized carbons (Fsp3) is 0.174. The van der Waals surface area contributed by atoms with Crippen LogP contribution in [0.1, 0.15) is 33.2 Å². The van der Waals surface area contributed by atoms with Crippen LogP contribution >= 0.6 is 0 Å². The molecule has 0 bridgehead atoms. The molecule has 0 saturated carbocycles. The molecule has 1 amide bonds. The highest BCUT2D eigenvalue weighted by atomic mass is 16.5. The van der Waals surface area contributed by atoms with E-state index in [9.17, 15) is 14.4 Å². The fourth-order valence-electron chi connectivity index (χ4n) is 3.40. The Morgan fingerprint density at radius 1 is 1.13 bits per heavy atom. The van der Waals surface area contributed by atoms with E-state index in [0.29, 0.717) is 16.9 Å². The minimum absolute atomic E-state index is 0.0210. The average molecular weight is 416 g/mol. The number of hydrogen-bond acceptors (Lipinski definition) is 5. The van der Waals surface area contributed by atoms with Crippen LogP contribution in [-0.4, -0.2) is 32.4 Å². The van der Waals surface area contributed by atoms with E-state index in [4.69, 9.17) is 4.74 Å². The van der Waals surface area contributed by atoms with Crippen LogP contribution in [0.3, 0.4) is 0 Å². The Kier molecular flexibility index (Phi) is 5.21. The Morgan fingerprint density at radius 2 is 1.94 bits per heavy atom. The molecule has 0 spiro atoms. The molecule has 8 nitrogen and oxygen atoms in total. The first-order valence-corrected chi connectivity index (χ1v) is 9.74. The zero-order valence-electron chi connectivity index (χ0n) is 17.3. The second-order valence-corrected chi connectivity index (χ2v) is 7.03. The number of aryl methyl sites for hydroxylation is 2. The van der Waals surface area contributed by atoms with Crippen LogP contribution in [0.4, 0.5) is 0 Å². The minimum atomic E-state index is -0.673. The smallest absolute Gasteiger partial charge is 0.341 e. The van der Waals surface area contributed by atoms with Crippen molar-refractivity contribution in [3.05, 3.63) is 87.3 Å². The Labute approximate surface area is 177 Å². The van der Waals surface area contributed by atoms with Gasteiger partial charge in [0.2, 0.25) is 0 Å². The summed E-state index contributed by atoms with van der Waals surface area (Å²) in [4.78, 5) is 47.3. The number of aromatic nitrogens is 3. The quantitative estimate of drug-likeness (QED) is 0.378. The summed E-state index contributed by atoms with van der Waals surface area (Å²) in [6.45, 7) is 3.69. The second kappa shape index (κ2) is 7.98. The molecule has 31 heavy (non-hydrogen) atoms. The first-order chi connectivity index (χ1) is 14.9. The van der Waals surface area contributed by atoms with Gasteiger partial charge in [-0.3, -0.25) is 14.0 Å². The van der Waals surface area contributed by atoms with Crippen LogP contribution in [0.15, 0.2) is 64.5 Å². The Morgan fingerprint density at radius 3 is 2.68 bits per heavy atom. The van der Waals surface area contributed by atoms with Crippen molar-refractivity contribution in [3.63, 3.8) is 0 Å². The molecule has 0 radical (unpaired) electrons. The van der Waals surface area contributed by atoms with Gasteiger partial charge in [0, 0.05) is 18.8 Å². The predicted octanol–water partition coefficient (Wildman–Crippen LogP) is 2.41. The van der Waals surface area contributed by atoms with Gasteiger partial charge in [-0.2, -0.15) is 4.99 Å². The van der Waals surface area contributed by atoms with Crippen LogP contribution in [0.5, 0.6) is 0 Å². The molecule has 0 atom stereocenters. The first kappa shape index (κ1) is 20.2. The number of carbonyl (C=O) groups excluding carboxylic acids is 2. The zero-order chi connectivity index (χ0) is 22.1. The number of hydrogen-bond donors (Lipinski definition) is 0. The van der Waals surface area contributed by atoms with Crippen molar-refractivity contribution in [1.29, 1.82) is 0 Å². The molecule has 0 unspecified atom stereocenters. The van der Waals surface area contributed by atoms with Crippen molar-refractivity contribution in [2.45, 2.75) is 13.8 Å². The van der Waals surface area contributed by atoms with E-state index in [2.05, 4.69) is 9.98 Å². The highest BCUT2D eigenvalue weighted by Gasteiger charge is 2.18. The molecule has 0 N–H and O–H groups in total.